The standard InChI is InChI=1S/C16H21FN2O2S/c1-18-8-10-4-3-5-11(10)9-22-14-7-12(16(20)21)6-13(17)15(14)19-2/h6-7,10-11,18H,2-5,8-9H2,1H3,(H,20,21)/t10-,11+/m1/s1. The molecule has 1 aliphatic rings. The molecule has 1 aromatic rings. The fourth-order valence-electron chi connectivity index (χ4n) is 3.02. The molecule has 1 aromatic carbocycles. The average Bonchev–Trinajstić information content (AvgIpc) is 2.92. The van der Waals surface area contributed by atoms with Crippen LogP contribution in [0.15, 0.2) is 22.0 Å². The number of carboxylic acid groups (broad SMARTS) is 1. The van der Waals surface area contributed by atoms with Crippen LogP contribution in [-0.2, 0) is 0 Å². The zero-order chi connectivity index (χ0) is 16.1. The molecule has 0 radical (unpaired) electrons. The van der Waals surface area contributed by atoms with Gasteiger partial charge in [0.1, 0.15) is 5.69 Å². The lowest BCUT2D eigenvalue weighted by molar-refractivity contribution is 0.0696. The van der Waals surface area contributed by atoms with Crippen molar-refractivity contribution >= 4 is 30.1 Å². The van der Waals surface area contributed by atoms with Gasteiger partial charge in [-0.25, -0.2) is 9.18 Å². The Morgan fingerprint density at radius 1 is 1.50 bits per heavy atom. The molecule has 120 valence electrons. The van der Waals surface area contributed by atoms with Gasteiger partial charge in [0.25, 0.3) is 0 Å². The SMILES string of the molecule is C=Nc1c(F)cc(C(=O)O)cc1SC[C@@H]1CCC[C@@H]1CNC. The second-order valence-electron chi connectivity index (χ2n) is 5.59. The van der Waals surface area contributed by atoms with Crippen LogP contribution in [0.5, 0.6) is 0 Å². The van der Waals surface area contributed by atoms with Crippen LogP contribution in [-0.4, -0.2) is 37.1 Å². The smallest absolute Gasteiger partial charge is 0.335 e. The van der Waals surface area contributed by atoms with Crippen LogP contribution in [0.3, 0.4) is 0 Å². The molecule has 0 heterocycles. The minimum absolute atomic E-state index is 0.0504. The Bertz CT molecular complexity index is 565. The number of nitrogens with zero attached hydrogens (tertiary/aromatic N) is 1. The van der Waals surface area contributed by atoms with Crippen LogP contribution in [0.2, 0.25) is 0 Å². The molecule has 2 N–H and O–H groups in total. The Morgan fingerprint density at radius 2 is 2.23 bits per heavy atom. The zero-order valence-electron chi connectivity index (χ0n) is 12.6. The van der Waals surface area contributed by atoms with Crippen molar-refractivity contribution in [2.45, 2.75) is 24.2 Å². The summed E-state index contributed by atoms with van der Waals surface area (Å²) in [6.45, 7) is 4.38. The van der Waals surface area contributed by atoms with E-state index in [2.05, 4.69) is 17.0 Å². The maximum absolute atomic E-state index is 13.9. The first-order valence-electron chi connectivity index (χ1n) is 7.37. The predicted molar refractivity (Wildman–Crippen MR) is 88.1 cm³/mol. The van der Waals surface area contributed by atoms with Crippen molar-refractivity contribution in [3.05, 3.63) is 23.5 Å². The Morgan fingerprint density at radius 3 is 2.86 bits per heavy atom. The summed E-state index contributed by atoms with van der Waals surface area (Å²) >= 11 is 1.48. The molecule has 1 aliphatic carbocycles. The lowest BCUT2D eigenvalue weighted by atomic mass is 9.98. The zero-order valence-corrected chi connectivity index (χ0v) is 13.5. The number of aliphatic imine (C=N–C) groups is 1. The van der Waals surface area contributed by atoms with Gasteiger partial charge in [-0.05, 0) is 57.1 Å². The summed E-state index contributed by atoms with van der Waals surface area (Å²) in [5, 5.41) is 12.3. The lowest BCUT2D eigenvalue weighted by Gasteiger charge is -2.19. The molecule has 2 atom stereocenters. The molecule has 0 aromatic heterocycles. The summed E-state index contributed by atoms with van der Waals surface area (Å²) in [6.07, 6.45) is 3.59. The third kappa shape index (κ3) is 3.87. The number of hydrogen-bond acceptors (Lipinski definition) is 4. The molecule has 4 nitrogen and oxygen atoms in total. The molecule has 0 spiro atoms. The van der Waals surface area contributed by atoms with Crippen LogP contribution in [0.25, 0.3) is 0 Å². The number of carboxylic acids is 1. The first-order valence-corrected chi connectivity index (χ1v) is 8.36. The van der Waals surface area contributed by atoms with Crippen molar-refractivity contribution in [1.82, 2.24) is 5.32 Å². The van der Waals surface area contributed by atoms with Gasteiger partial charge in [0.15, 0.2) is 5.82 Å². The molecule has 0 bridgehead atoms. The van der Waals surface area contributed by atoms with Crippen molar-refractivity contribution in [3.63, 3.8) is 0 Å². The normalized spacial score (nSPS) is 21.0. The Balaban J connectivity index is 2.14. The number of thioether (sulfide) groups is 1. The monoisotopic (exact) mass is 324 g/mol. The van der Waals surface area contributed by atoms with E-state index >= 15 is 0 Å². The van der Waals surface area contributed by atoms with E-state index < -0.39 is 11.8 Å². The van der Waals surface area contributed by atoms with E-state index in [0.29, 0.717) is 16.7 Å². The van der Waals surface area contributed by atoms with Crippen molar-refractivity contribution in [2.24, 2.45) is 16.8 Å². The number of rotatable bonds is 7. The molecule has 6 heteroatoms. The van der Waals surface area contributed by atoms with E-state index in [1.807, 2.05) is 7.05 Å². The van der Waals surface area contributed by atoms with E-state index in [1.165, 1.54) is 30.7 Å². The summed E-state index contributed by atoms with van der Waals surface area (Å²) in [4.78, 5) is 15.4. The highest BCUT2D eigenvalue weighted by Crippen LogP contribution is 2.39. The number of hydrogen-bond donors (Lipinski definition) is 2. The summed E-state index contributed by atoms with van der Waals surface area (Å²) < 4.78 is 13.9. The van der Waals surface area contributed by atoms with Crippen LogP contribution in [0, 0.1) is 17.7 Å². The lowest BCUT2D eigenvalue weighted by Crippen LogP contribution is -2.23. The van der Waals surface area contributed by atoms with Crippen molar-refractivity contribution in [1.29, 1.82) is 0 Å². The van der Waals surface area contributed by atoms with E-state index in [-0.39, 0.29) is 11.3 Å². The molecule has 1 saturated carbocycles. The van der Waals surface area contributed by atoms with Gasteiger partial charge in [-0.3, -0.25) is 4.99 Å². The van der Waals surface area contributed by atoms with Crippen molar-refractivity contribution < 1.29 is 14.3 Å². The first kappa shape index (κ1) is 17.0. The highest BCUT2D eigenvalue weighted by Gasteiger charge is 2.27. The Labute approximate surface area is 134 Å². The van der Waals surface area contributed by atoms with Crippen LogP contribution >= 0.6 is 11.8 Å². The molecule has 2 rings (SSSR count). The first-order chi connectivity index (χ1) is 10.6. The fraction of sp³-hybridized carbons (Fsp3) is 0.500. The van der Waals surface area contributed by atoms with E-state index in [1.54, 1.807) is 0 Å². The van der Waals surface area contributed by atoms with Gasteiger partial charge in [0, 0.05) is 10.6 Å². The van der Waals surface area contributed by atoms with Crippen LogP contribution in [0.4, 0.5) is 10.1 Å². The fourth-order valence-corrected chi connectivity index (χ4v) is 4.36. The van der Waals surface area contributed by atoms with Gasteiger partial charge < -0.3 is 10.4 Å². The van der Waals surface area contributed by atoms with Gasteiger partial charge in [-0.2, -0.15) is 0 Å². The minimum atomic E-state index is -1.13. The van der Waals surface area contributed by atoms with Gasteiger partial charge in [-0.15, -0.1) is 11.8 Å². The molecular weight excluding hydrogens is 303 g/mol. The largest absolute Gasteiger partial charge is 0.478 e. The summed E-state index contributed by atoms with van der Waals surface area (Å²) in [7, 11) is 1.95. The van der Waals surface area contributed by atoms with E-state index in [0.717, 1.165) is 24.8 Å². The molecule has 0 unspecified atom stereocenters. The number of aromatic carboxylic acids is 1. The quantitative estimate of drug-likeness (QED) is 0.594. The van der Waals surface area contributed by atoms with Crippen molar-refractivity contribution in [2.75, 3.05) is 19.3 Å². The molecule has 0 aliphatic heterocycles. The second-order valence-corrected chi connectivity index (χ2v) is 6.65. The highest BCUT2D eigenvalue weighted by atomic mass is 32.2. The molecular formula is C16H21FN2O2S. The highest BCUT2D eigenvalue weighted by molar-refractivity contribution is 7.99. The van der Waals surface area contributed by atoms with Gasteiger partial charge in [0.2, 0.25) is 0 Å². The molecule has 0 amide bonds. The van der Waals surface area contributed by atoms with Crippen LogP contribution < -0.4 is 5.32 Å². The van der Waals surface area contributed by atoms with Gasteiger partial charge in [0.05, 0.1) is 5.56 Å². The van der Waals surface area contributed by atoms with Gasteiger partial charge in [-0.1, -0.05) is 6.42 Å². The number of halogens is 1. The summed E-state index contributed by atoms with van der Waals surface area (Å²) in [5.41, 5.74) is 0.101. The maximum Gasteiger partial charge on any atom is 0.335 e. The number of nitrogens with one attached hydrogen (secondary N) is 1. The molecule has 1 fully saturated rings. The van der Waals surface area contributed by atoms with Crippen molar-refractivity contribution in [3.8, 4) is 0 Å². The average molecular weight is 324 g/mol. The van der Waals surface area contributed by atoms with E-state index in [9.17, 15) is 9.18 Å². The minimum Gasteiger partial charge on any atom is -0.478 e. The predicted octanol–water partition coefficient (Wildman–Crippen LogP) is 3.58. The maximum atomic E-state index is 13.9. The molecule has 0 saturated heterocycles. The summed E-state index contributed by atoms with van der Waals surface area (Å²) in [6, 6.07) is 2.48. The second kappa shape index (κ2) is 7.74. The third-order valence-electron chi connectivity index (χ3n) is 4.17. The Hall–Kier alpha value is -1.40. The molecule has 22 heavy (non-hydrogen) atoms. The van der Waals surface area contributed by atoms with Gasteiger partial charge >= 0.3 is 5.97 Å². The van der Waals surface area contributed by atoms with Crippen LogP contribution in [0.1, 0.15) is 29.6 Å². The number of carbonyl (C=O) groups is 1. The van der Waals surface area contributed by atoms with E-state index in [4.69, 9.17) is 5.11 Å². The number of benzene rings is 1. The third-order valence-corrected chi connectivity index (χ3v) is 5.39. The topological polar surface area (TPSA) is 61.7 Å². The summed E-state index contributed by atoms with van der Waals surface area (Å²) in [5.74, 6) is 0.273. The Kier molecular flexibility index (Phi) is 5.97.